The standard InChI is InChI=1S/C39H39N3O2/c43-39(28-30-19-21-33(22-20-30)31-12-3-1-4-13-31)40-25-10-2-5-18-38-41-36-16-8-9-17-37(36)42(38)26-11-27-44-35-24-23-32-14-6-7-15-34(32)29-35/h1,3-4,6-9,12-17,19-24,29H,2,5,10-11,18,25-28H2,(H,40,43). The van der Waals surface area contributed by atoms with Crippen molar-refractivity contribution in [3.05, 3.63) is 133 Å². The molecule has 1 heterocycles. The molecule has 0 aliphatic heterocycles. The van der Waals surface area contributed by atoms with Crippen molar-refractivity contribution in [2.45, 2.75) is 45.1 Å². The van der Waals surface area contributed by atoms with Crippen LogP contribution in [0.15, 0.2) is 121 Å². The highest BCUT2D eigenvalue weighted by atomic mass is 16.5. The third-order valence-electron chi connectivity index (χ3n) is 8.07. The fourth-order valence-corrected chi connectivity index (χ4v) is 5.74. The van der Waals surface area contributed by atoms with Crippen molar-refractivity contribution in [3.63, 3.8) is 0 Å². The normalized spacial score (nSPS) is 11.2. The van der Waals surface area contributed by atoms with Crippen molar-refractivity contribution >= 4 is 27.7 Å². The Kier molecular flexibility index (Phi) is 9.63. The van der Waals surface area contributed by atoms with Gasteiger partial charge in [-0.2, -0.15) is 0 Å². The molecule has 0 aliphatic carbocycles. The van der Waals surface area contributed by atoms with Crippen LogP contribution in [0, 0.1) is 0 Å². The maximum Gasteiger partial charge on any atom is 0.224 e. The summed E-state index contributed by atoms with van der Waals surface area (Å²) in [5.41, 5.74) is 5.60. The van der Waals surface area contributed by atoms with Crippen LogP contribution in [0.1, 0.15) is 37.1 Å². The van der Waals surface area contributed by atoms with Crippen molar-refractivity contribution in [1.82, 2.24) is 14.9 Å². The molecule has 0 bridgehead atoms. The van der Waals surface area contributed by atoms with Crippen LogP contribution in [0.2, 0.25) is 0 Å². The zero-order chi connectivity index (χ0) is 30.0. The number of rotatable bonds is 14. The summed E-state index contributed by atoms with van der Waals surface area (Å²) in [7, 11) is 0. The maximum atomic E-state index is 12.5. The summed E-state index contributed by atoms with van der Waals surface area (Å²) in [5.74, 6) is 2.11. The number of unbranched alkanes of at least 4 members (excludes halogenated alkanes) is 2. The Labute approximate surface area is 259 Å². The van der Waals surface area contributed by atoms with E-state index in [9.17, 15) is 4.79 Å². The maximum absolute atomic E-state index is 12.5. The minimum Gasteiger partial charge on any atom is -0.494 e. The zero-order valence-electron chi connectivity index (χ0n) is 25.1. The minimum atomic E-state index is 0.0742. The zero-order valence-corrected chi connectivity index (χ0v) is 25.1. The molecule has 5 heteroatoms. The number of nitrogens with zero attached hydrogens (tertiary/aromatic N) is 2. The first-order valence-corrected chi connectivity index (χ1v) is 15.7. The first kappa shape index (κ1) is 29.2. The van der Waals surface area contributed by atoms with E-state index in [4.69, 9.17) is 9.72 Å². The van der Waals surface area contributed by atoms with Gasteiger partial charge < -0.3 is 14.6 Å². The second kappa shape index (κ2) is 14.5. The van der Waals surface area contributed by atoms with Crippen LogP contribution in [0.3, 0.4) is 0 Å². The van der Waals surface area contributed by atoms with Gasteiger partial charge in [-0.3, -0.25) is 4.79 Å². The molecule has 5 nitrogen and oxygen atoms in total. The molecule has 0 aliphatic rings. The van der Waals surface area contributed by atoms with Crippen molar-refractivity contribution < 1.29 is 9.53 Å². The summed E-state index contributed by atoms with van der Waals surface area (Å²) in [6.45, 7) is 2.22. The van der Waals surface area contributed by atoms with Crippen LogP contribution in [-0.4, -0.2) is 28.6 Å². The van der Waals surface area contributed by atoms with Crippen molar-refractivity contribution in [2.24, 2.45) is 0 Å². The molecule has 1 aromatic heterocycles. The molecule has 0 saturated carbocycles. The molecule has 44 heavy (non-hydrogen) atoms. The van der Waals surface area contributed by atoms with E-state index in [-0.39, 0.29) is 5.91 Å². The largest absolute Gasteiger partial charge is 0.494 e. The Hall–Kier alpha value is -4.90. The summed E-state index contributed by atoms with van der Waals surface area (Å²) in [6, 6.07) is 41.5. The third-order valence-corrected chi connectivity index (χ3v) is 8.07. The van der Waals surface area contributed by atoms with E-state index in [1.54, 1.807) is 0 Å². The summed E-state index contributed by atoms with van der Waals surface area (Å²) < 4.78 is 8.45. The third kappa shape index (κ3) is 7.54. The number of amides is 1. The van der Waals surface area contributed by atoms with Gasteiger partial charge in [0.2, 0.25) is 5.91 Å². The highest BCUT2D eigenvalue weighted by Gasteiger charge is 2.11. The molecule has 0 unspecified atom stereocenters. The van der Waals surface area contributed by atoms with Gasteiger partial charge >= 0.3 is 0 Å². The number of carbonyl (C=O) groups is 1. The average molecular weight is 582 g/mol. The molecular formula is C39H39N3O2. The Bertz CT molecular complexity index is 1810. The SMILES string of the molecule is O=C(Cc1ccc(-c2ccccc2)cc1)NCCCCCc1nc2ccccc2n1CCCOc1ccc2ccccc2c1. The lowest BCUT2D eigenvalue weighted by atomic mass is 10.0. The molecular weight excluding hydrogens is 542 g/mol. The molecule has 0 fully saturated rings. The Morgan fingerprint density at radius 3 is 2.32 bits per heavy atom. The van der Waals surface area contributed by atoms with Gasteiger partial charge in [0.15, 0.2) is 0 Å². The first-order valence-electron chi connectivity index (χ1n) is 15.7. The molecule has 1 N–H and O–H groups in total. The highest BCUT2D eigenvalue weighted by Crippen LogP contribution is 2.22. The van der Waals surface area contributed by atoms with Crippen LogP contribution in [0.25, 0.3) is 32.9 Å². The average Bonchev–Trinajstić information content (AvgIpc) is 3.42. The van der Waals surface area contributed by atoms with Crippen LogP contribution in [-0.2, 0) is 24.2 Å². The predicted molar refractivity (Wildman–Crippen MR) is 180 cm³/mol. The lowest BCUT2D eigenvalue weighted by Crippen LogP contribution is -2.26. The van der Waals surface area contributed by atoms with E-state index in [2.05, 4.69) is 88.7 Å². The number of aromatic nitrogens is 2. The molecule has 5 aromatic carbocycles. The first-order chi connectivity index (χ1) is 21.7. The Balaban J connectivity index is 0.933. The highest BCUT2D eigenvalue weighted by molar-refractivity contribution is 5.83. The van der Waals surface area contributed by atoms with Gasteiger partial charge in [0.25, 0.3) is 0 Å². The minimum absolute atomic E-state index is 0.0742. The van der Waals surface area contributed by atoms with Gasteiger partial charge in [0.05, 0.1) is 24.1 Å². The molecule has 6 aromatic rings. The van der Waals surface area contributed by atoms with E-state index in [1.165, 1.54) is 21.9 Å². The second-order valence-corrected chi connectivity index (χ2v) is 11.3. The van der Waals surface area contributed by atoms with Gasteiger partial charge in [-0.1, -0.05) is 103 Å². The van der Waals surface area contributed by atoms with E-state index >= 15 is 0 Å². The van der Waals surface area contributed by atoms with Crippen LogP contribution >= 0.6 is 0 Å². The molecule has 222 valence electrons. The number of hydrogen-bond acceptors (Lipinski definition) is 3. The van der Waals surface area contributed by atoms with E-state index in [1.807, 2.05) is 42.5 Å². The van der Waals surface area contributed by atoms with Gasteiger partial charge in [-0.25, -0.2) is 4.98 Å². The number of nitrogens with one attached hydrogen (secondary N) is 1. The van der Waals surface area contributed by atoms with Gasteiger partial charge in [0.1, 0.15) is 11.6 Å². The number of benzene rings is 5. The Morgan fingerprint density at radius 2 is 1.45 bits per heavy atom. The molecule has 1 amide bonds. The number of imidazole rings is 1. The van der Waals surface area contributed by atoms with Crippen molar-refractivity contribution in [1.29, 1.82) is 0 Å². The summed E-state index contributed by atoms with van der Waals surface area (Å²) in [5, 5.41) is 5.51. The molecule has 6 rings (SSSR count). The molecule has 0 radical (unpaired) electrons. The number of para-hydroxylation sites is 2. The summed E-state index contributed by atoms with van der Waals surface area (Å²) >= 11 is 0. The van der Waals surface area contributed by atoms with E-state index < -0.39 is 0 Å². The lowest BCUT2D eigenvalue weighted by Gasteiger charge is -2.11. The van der Waals surface area contributed by atoms with Crippen LogP contribution in [0.4, 0.5) is 0 Å². The monoisotopic (exact) mass is 581 g/mol. The molecule has 0 saturated heterocycles. The molecule has 0 atom stereocenters. The fourth-order valence-electron chi connectivity index (χ4n) is 5.74. The fraction of sp³-hybridized carbons (Fsp3) is 0.231. The smallest absolute Gasteiger partial charge is 0.224 e. The number of ether oxygens (including phenoxy) is 1. The van der Waals surface area contributed by atoms with Gasteiger partial charge in [-0.05, 0) is 71.0 Å². The van der Waals surface area contributed by atoms with Crippen molar-refractivity contribution in [3.8, 4) is 16.9 Å². The topological polar surface area (TPSA) is 56.2 Å². The lowest BCUT2D eigenvalue weighted by molar-refractivity contribution is -0.120. The van der Waals surface area contributed by atoms with Crippen LogP contribution < -0.4 is 10.1 Å². The number of aryl methyl sites for hydroxylation is 2. The van der Waals surface area contributed by atoms with Crippen molar-refractivity contribution in [2.75, 3.05) is 13.2 Å². The summed E-state index contributed by atoms with van der Waals surface area (Å²) in [4.78, 5) is 17.5. The quantitative estimate of drug-likeness (QED) is 0.131. The predicted octanol–water partition coefficient (Wildman–Crippen LogP) is 8.40. The summed E-state index contributed by atoms with van der Waals surface area (Å²) in [6.07, 6.45) is 5.26. The Morgan fingerprint density at radius 1 is 0.705 bits per heavy atom. The molecule has 0 spiro atoms. The van der Waals surface area contributed by atoms with Gasteiger partial charge in [-0.15, -0.1) is 0 Å². The number of fused-ring (bicyclic) bond motifs is 2. The number of carbonyl (C=O) groups excluding carboxylic acids is 1. The van der Waals surface area contributed by atoms with E-state index in [0.29, 0.717) is 19.6 Å². The van der Waals surface area contributed by atoms with E-state index in [0.717, 1.165) is 66.9 Å². The number of hydrogen-bond donors (Lipinski definition) is 1. The second-order valence-electron chi connectivity index (χ2n) is 11.3. The van der Waals surface area contributed by atoms with Gasteiger partial charge in [0, 0.05) is 19.5 Å². The van der Waals surface area contributed by atoms with Crippen LogP contribution in [0.5, 0.6) is 5.75 Å².